The van der Waals surface area contributed by atoms with E-state index in [0.717, 1.165) is 10.3 Å². The Morgan fingerprint density at radius 1 is 1.31 bits per heavy atom. The molecule has 4 heterocycles. The lowest BCUT2D eigenvalue weighted by Crippen LogP contribution is -2.66. The van der Waals surface area contributed by atoms with Crippen LogP contribution in [0.4, 0.5) is 10.6 Å². The summed E-state index contributed by atoms with van der Waals surface area (Å²) in [6, 6.07) is -0.223. The van der Waals surface area contributed by atoms with Crippen molar-refractivity contribution in [1.82, 2.24) is 19.9 Å². The first-order valence-electron chi connectivity index (χ1n) is 8.42. The Balaban J connectivity index is 1.62. The summed E-state index contributed by atoms with van der Waals surface area (Å²) in [5.74, 6) is 0.710. The number of fused-ring (bicyclic) bond motifs is 3. The van der Waals surface area contributed by atoms with Gasteiger partial charge in [0.1, 0.15) is 11.1 Å². The predicted octanol–water partition coefficient (Wildman–Crippen LogP) is 2.56. The second-order valence-corrected chi connectivity index (χ2v) is 8.63. The van der Waals surface area contributed by atoms with Crippen molar-refractivity contribution in [3.63, 3.8) is 0 Å². The van der Waals surface area contributed by atoms with E-state index in [1.54, 1.807) is 5.51 Å². The van der Waals surface area contributed by atoms with Crippen molar-refractivity contribution in [2.75, 3.05) is 31.2 Å². The molecule has 0 aromatic carbocycles. The summed E-state index contributed by atoms with van der Waals surface area (Å²) in [6.07, 6.45) is -0.296. The average Bonchev–Trinajstić information content (AvgIpc) is 2.99. The fourth-order valence-corrected chi connectivity index (χ4v) is 4.26. The predicted molar refractivity (Wildman–Crippen MR) is 98.9 cm³/mol. The normalized spacial score (nSPS) is 23.4. The third kappa shape index (κ3) is 3.30. The molecule has 2 bridgehead atoms. The molecule has 8 nitrogen and oxygen atoms in total. The number of aromatic nitrogens is 3. The van der Waals surface area contributed by atoms with Crippen LogP contribution in [0.5, 0.6) is 0 Å². The van der Waals surface area contributed by atoms with Crippen LogP contribution in [0.3, 0.4) is 0 Å². The number of carbonyl (C=O) groups excluding carboxylic acids is 1. The first-order chi connectivity index (χ1) is 12.3. The van der Waals surface area contributed by atoms with Crippen molar-refractivity contribution in [3.8, 4) is 0 Å². The molecule has 1 amide bonds. The number of rotatable bonds is 1. The number of morpholine rings is 1. The van der Waals surface area contributed by atoms with Crippen molar-refractivity contribution in [2.24, 2.45) is 0 Å². The molecule has 0 aliphatic carbocycles. The highest BCUT2D eigenvalue weighted by molar-refractivity contribution is 7.16. The van der Waals surface area contributed by atoms with E-state index in [1.807, 2.05) is 25.7 Å². The topological polar surface area (TPSA) is 80.7 Å². The summed E-state index contributed by atoms with van der Waals surface area (Å²) >= 11 is 7.52. The monoisotopic (exact) mass is 397 g/mol. The van der Waals surface area contributed by atoms with E-state index in [9.17, 15) is 4.79 Å². The highest BCUT2D eigenvalue weighted by Crippen LogP contribution is 2.31. The molecule has 2 unspecified atom stereocenters. The van der Waals surface area contributed by atoms with Gasteiger partial charge >= 0.3 is 6.09 Å². The van der Waals surface area contributed by atoms with Crippen molar-refractivity contribution in [2.45, 2.75) is 38.5 Å². The molecule has 0 N–H and O–H groups in total. The first kappa shape index (κ1) is 17.7. The van der Waals surface area contributed by atoms with Gasteiger partial charge in [-0.3, -0.25) is 4.90 Å². The molecule has 2 atom stereocenters. The minimum atomic E-state index is -0.531. The van der Waals surface area contributed by atoms with Crippen LogP contribution in [0, 0.1) is 0 Å². The van der Waals surface area contributed by atoms with Gasteiger partial charge in [0.05, 0.1) is 30.8 Å². The number of carbonyl (C=O) groups is 1. The Morgan fingerprint density at radius 3 is 2.65 bits per heavy atom. The van der Waals surface area contributed by atoms with E-state index >= 15 is 0 Å². The van der Waals surface area contributed by atoms with E-state index in [1.165, 1.54) is 11.3 Å². The number of halogens is 1. The zero-order valence-corrected chi connectivity index (χ0v) is 16.4. The molecular formula is C16H20ClN5O3S. The maximum absolute atomic E-state index is 12.7. The molecule has 2 aliphatic rings. The van der Waals surface area contributed by atoms with E-state index in [4.69, 9.17) is 21.1 Å². The second-order valence-electron chi connectivity index (χ2n) is 7.46. The molecule has 0 radical (unpaired) electrons. The molecule has 2 saturated heterocycles. The van der Waals surface area contributed by atoms with E-state index < -0.39 is 5.60 Å². The van der Waals surface area contributed by atoms with Gasteiger partial charge in [0.15, 0.2) is 10.6 Å². The molecular weight excluding hydrogens is 378 g/mol. The Labute approximate surface area is 160 Å². The third-order valence-corrected chi connectivity index (χ3v) is 5.21. The Bertz CT molecular complexity index is 825. The third-order valence-electron chi connectivity index (χ3n) is 4.33. The molecule has 10 heteroatoms. The molecule has 4 rings (SSSR count). The maximum atomic E-state index is 12.7. The lowest BCUT2D eigenvalue weighted by molar-refractivity contribution is -0.0665. The van der Waals surface area contributed by atoms with Gasteiger partial charge in [-0.25, -0.2) is 14.8 Å². The van der Waals surface area contributed by atoms with Crippen LogP contribution in [-0.4, -0.2) is 69.9 Å². The lowest BCUT2D eigenvalue weighted by atomic mass is 10.0. The van der Waals surface area contributed by atoms with Crippen LogP contribution in [0.2, 0.25) is 5.28 Å². The van der Waals surface area contributed by atoms with E-state index in [2.05, 4.69) is 19.9 Å². The van der Waals surface area contributed by atoms with Crippen molar-refractivity contribution >= 4 is 45.2 Å². The number of nitrogens with zero attached hydrogens (tertiary/aromatic N) is 5. The fraction of sp³-hybridized carbons (Fsp3) is 0.625. The number of ether oxygens (including phenoxy) is 2. The zero-order valence-electron chi connectivity index (χ0n) is 14.8. The van der Waals surface area contributed by atoms with Crippen LogP contribution >= 0.6 is 22.9 Å². The smallest absolute Gasteiger partial charge is 0.411 e. The summed E-state index contributed by atoms with van der Waals surface area (Å²) in [5.41, 5.74) is 1.94. The molecule has 2 aromatic heterocycles. The van der Waals surface area contributed by atoms with Crippen LogP contribution in [0.25, 0.3) is 10.3 Å². The van der Waals surface area contributed by atoms with Crippen LogP contribution in [0.1, 0.15) is 20.8 Å². The minimum Gasteiger partial charge on any atom is -0.444 e. The number of thiazole rings is 1. The number of hydrogen-bond donors (Lipinski definition) is 0. The summed E-state index contributed by atoms with van der Waals surface area (Å²) in [4.78, 5) is 30.4. The molecule has 26 heavy (non-hydrogen) atoms. The number of hydrogen-bond acceptors (Lipinski definition) is 8. The standard InChI is InChI=1S/C16H20ClN5O3S/c1-16(2,3)25-15(23)22-9-4-21(5-10(22)7-24-6-9)12-11-13(26-8-18-11)20-14(17)19-12/h8-10H,4-7H2,1-3H3. The first-order valence-corrected chi connectivity index (χ1v) is 9.68. The van der Waals surface area contributed by atoms with Gasteiger partial charge in [-0.15, -0.1) is 11.3 Å². The van der Waals surface area contributed by atoms with Crippen molar-refractivity contribution in [3.05, 3.63) is 10.8 Å². The molecule has 2 aromatic rings. The van der Waals surface area contributed by atoms with Gasteiger partial charge in [0.25, 0.3) is 0 Å². The highest BCUT2D eigenvalue weighted by Gasteiger charge is 2.43. The Morgan fingerprint density at radius 2 is 2.00 bits per heavy atom. The van der Waals surface area contributed by atoms with Gasteiger partial charge in [-0.1, -0.05) is 0 Å². The lowest BCUT2D eigenvalue weighted by Gasteiger charge is -2.49. The molecule has 140 valence electrons. The molecule has 0 spiro atoms. The minimum absolute atomic E-state index is 0.111. The van der Waals surface area contributed by atoms with Crippen LogP contribution in [-0.2, 0) is 9.47 Å². The summed E-state index contributed by atoms with van der Waals surface area (Å²) in [5, 5.41) is 0.202. The second kappa shape index (κ2) is 6.47. The summed E-state index contributed by atoms with van der Waals surface area (Å²) in [6.45, 7) is 7.70. The van der Waals surface area contributed by atoms with Crippen molar-refractivity contribution < 1.29 is 14.3 Å². The Hall–Kier alpha value is -1.71. The zero-order chi connectivity index (χ0) is 18.5. The maximum Gasteiger partial charge on any atom is 0.411 e. The van der Waals surface area contributed by atoms with Gasteiger partial charge in [-0.2, -0.15) is 4.98 Å². The average molecular weight is 398 g/mol. The number of anilines is 1. The molecule has 2 fully saturated rings. The molecule has 2 aliphatic heterocycles. The molecule has 0 saturated carbocycles. The number of piperazine rings is 1. The van der Waals surface area contributed by atoms with E-state index in [0.29, 0.717) is 32.1 Å². The highest BCUT2D eigenvalue weighted by atomic mass is 35.5. The Kier molecular flexibility index (Phi) is 4.40. The SMILES string of the molecule is CC(C)(C)OC(=O)N1C2COCC1CN(c1nc(Cl)nc3scnc13)C2. The quantitative estimate of drug-likeness (QED) is 0.684. The van der Waals surface area contributed by atoms with Crippen LogP contribution in [0.15, 0.2) is 5.51 Å². The van der Waals surface area contributed by atoms with Gasteiger partial charge < -0.3 is 14.4 Å². The van der Waals surface area contributed by atoms with Gasteiger partial charge in [0, 0.05) is 13.1 Å². The van der Waals surface area contributed by atoms with Crippen LogP contribution < -0.4 is 4.90 Å². The van der Waals surface area contributed by atoms with E-state index in [-0.39, 0.29) is 23.5 Å². The number of amides is 1. The fourth-order valence-electron chi connectivity index (χ4n) is 3.39. The summed E-state index contributed by atoms with van der Waals surface area (Å²) in [7, 11) is 0. The van der Waals surface area contributed by atoms with Crippen molar-refractivity contribution in [1.29, 1.82) is 0 Å². The van der Waals surface area contributed by atoms with Gasteiger partial charge in [0.2, 0.25) is 5.28 Å². The van der Waals surface area contributed by atoms with Gasteiger partial charge in [-0.05, 0) is 32.4 Å². The largest absolute Gasteiger partial charge is 0.444 e. The summed E-state index contributed by atoms with van der Waals surface area (Å²) < 4.78 is 11.3.